The van der Waals surface area contributed by atoms with Crippen molar-refractivity contribution >= 4 is 22.5 Å². The first-order chi connectivity index (χ1) is 10.6. The molecule has 0 bridgehead atoms. The molecule has 0 atom stereocenters. The Hall–Kier alpha value is -2.88. The Kier molecular flexibility index (Phi) is 3.74. The topological polar surface area (TPSA) is 51.1 Å². The van der Waals surface area contributed by atoms with E-state index in [0.29, 0.717) is 5.56 Å². The van der Waals surface area contributed by atoms with Crippen molar-refractivity contribution in [2.75, 3.05) is 5.32 Å². The molecule has 0 aliphatic heterocycles. The van der Waals surface area contributed by atoms with E-state index in [-0.39, 0.29) is 18.0 Å². The summed E-state index contributed by atoms with van der Waals surface area (Å²) in [4.78, 5) is 24.6. The number of nitrogens with one attached hydrogen (secondary N) is 1. The van der Waals surface area contributed by atoms with E-state index < -0.39 is 0 Å². The molecule has 1 amide bonds. The van der Waals surface area contributed by atoms with Gasteiger partial charge >= 0.3 is 0 Å². The first kappa shape index (κ1) is 14.1. The highest BCUT2D eigenvalue weighted by molar-refractivity contribution is 5.91. The van der Waals surface area contributed by atoms with Crippen LogP contribution in [0.25, 0.3) is 10.9 Å². The Morgan fingerprint density at radius 1 is 1.05 bits per heavy atom. The molecule has 0 spiro atoms. The van der Waals surface area contributed by atoms with Crippen LogP contribution in [0.1, 0.15) is 5.56 Å². The van der Waals surface area contributed by atoms with Gasteiger partial charge in [0.15, 0.2) is 0 Å². The quantitative estimate of drug-likeness (QED) is 0.807. The molecule has 1 heterocycles. The number of benzene rings is 2. The van der Waals surface area contributed by atoms with E-state index in [2.05, 4.69) is 5.32 Å². The molecule has 22 heavy (non-hydrogen) atoms. The molecule has 4 nitrogen and oxygen atoms in total. The summed E-state index contributed by atoms with van der Waals surface area (Å²) < 4.78 is 1.52. The molecule has 3 rings (SSSR count). The van der Waals surface area contributed by atoms with Crippen LogP contribution >= 0.6 is 0 Å². The maximum atomic E-state index is 12.4. The van der Waals surface area contributed by atoms with E-state index >= 15 is 0 Å². The Labute approximate surface area is 128 Å². The Balaban J connectivity index is 1.95. The number of hydrogen-bond donors (Lipinski definition) is 1. The van der Waals surface area contributed by atoms with Crippen LogP contribution in [0.15, 0.2) is 65.5 Å². The lowest BCUT2D eigenvalue weighted by Crippen LogP contribution is -2.29. The van der Waals surface area contributed by atoms with Crippen LogP contribution in [0.2, 0.25) is 0 Å². The van der Waals surface area contributed by atoms with E-state index in [1.54, 1.807) is 6.92 Å². The van der Waals surface area contributed by atoms with Crippen molar-refractivity contribution in [1.82, 2.24) is 4.57 Å². The molecule has 0 radical (unpaired) electrons. The van der Waals surface area contributed by atoms with Gasteiger partial charge in [0.1, 0.15) is 6.54 Å². The molecule has 4 heteroatoms. The third-order valence-corrected chi connectivity index (χ3v) is 3.54. The van der Waals surface area contributed by atoms with Gasteiger partial charge in [0.2, 0.25) is 5.91 Å². The van der Waals surface area contributed by atoms with Gasteiger partial charge in [-0.05, 0) is 36.6 Å². The Bertz CT molecular complexity index is 882. The average molecular weight is 292 g/mol. The molecule has 0 aliphatic carbocycles. The van der Waals surface area contributed by atoms with Gasteiger partial charge in [0, 0.05) is 11.3 Å². The van der Waals surface area contributed by atoms with E-state index in [1.165, 1.54) is 4.57 Å². The summed E-state index contributed by atoms with van der Waals surface area (Å²) in [7, 11) is 0. The van der Waals surface area contributed by atoms with Crippen molar-refractivity contribution < 1.29 is 4.79 Å². The summed E-state index contributed by atoms with van der Waals surface area (Å²) in [5.41, 5.74) is 1.98. The van der Waals surface area contributed by atoms with Crippen molar-refractivity contribution in [3.8, 4) is 0 Å². The van der Waals surface area contributed by atoms with Crippen molar-refractivity contribution in [3.63, 3.8) is 0 Å². The summed E-state index contributed by atoms with van der Waals surface area (Å²) in [6, 6.07) is 18.6. The Morgan fingerprint density at radius 3 is 2.50 bits per heavy atom. The number of anilines is 1. The number of hydrogen-bond acceptors (Lipinski definition) is 2. The first-order valence-electron chi connectivity index (χ1n) is 7.09. The number of carbonyl (C=O) groups is 1. The van der Waals surface area contributed by atoms with Crippen molar-refractivity contribution in [2.24, 2.45) is 0 Å². The second-order valence-electron chi connectivity index (χ2n) is 5.19. The summed E-state index contributed by atoms with van der Waals surface area (Å²) in [5.74, 6) is -0.218. The molecule has 0 fully saturated rings. The van der Waals surface area contributed by atoms with Gasteiger partial charge in [0.25, 0.3) is 5.56 Å². The summed E-state index contributed by atoms with van der Waals surface area (Å²) in [5, 5.41) is 3.75. The maximum Gasteiger partial charge on any atom is 0.254 e. The zero-order valence-electron chi connectivity index (χ0n) is 12.2. The lowest BCUT2D eigenvalue weighted by molar-refractivity contribution is -0.116. The van der Waals surface area contributed by atoms with Gasteiger partial charge in [0.05, 0.1) is 5.52 Å². The zero-order valence-corrected chi connectivity index (χ0v) is 12.2. The summed E-state index contributed by atoms with van der Waals surface area (Å²) in [6.07, 6.45) is 0. The number of amides is 1. The second-order valence-corrected chi connectivity index (χ2v) is 5.19. The van der Waals surface area contributed by atoms with Gasteiger partial charge < -0.3 is 5.32 Å². The van der Waals surface area contributed by atoms with Crippen molar-refractivity contribution in [1.29, 1.82) is 0 Å². The monoisotopic (exact) mass is 292 g/mol. The van der Waals surface area contributed by atoms with Gasteiger partial charge in [-0.15, -0.1) is 0 Å². The molecule has 0 saturated heterocycles. The molecule has 2 aromatic carbocycles. The standard InChI is InChI=1S/C18H16N2O2/c1-13-11-14-7-5-6-10-16(14)20(18(13)22)12-17(21)19-15-8-3-2-4-9-15/h2-11H,12H2,1H3,(H,19,21). The summed E-state index contributed by atoms with van der Waals surface area (Å²) >= 11 is 0. The van der Waals surface area contributed by atoms with E-state index in [1.807, 2.05) is 60.7 Å². The molecular formula is C18H16N2O2. The Morgan fingerprint density at radius 2 is 1.73 bits per heavy atom. The molecule has 0 saturated carbocycles. The fourth-order valence-corrected chi connectivity index (χ4v) is 2.50. The number of aryl methyl sites for hydroxylation is 1. The molecule has 1 N–H and O–H groups in total. The third-order valence-electron chi connectivity index (χ3n) is 3.54. The third kappa shape index (κ3) is 2.76. The van der Waals surface area contributed by atoms with Gasteiger partial charge in [-0.2, -0.15) is 0 Å². The average Bonchev–Trinajstić information content (AvgIpc) is 2.53. The van der Waals surface area contributed by atoms with Crippen molar-refractivity contribution in [2.45, 2.75) is 13.5 Å². The molecular weight excluding hydrogens is 276 g/mol. The highest BCUT2D eigenvalue weighted by Gasteiger charge is 2.10. The SMILES string of the molecule is Cc1cc2ccccc2n(CC(=O)Nc2ccccc2)c1=O. The van der Waals surface area contributed by atoms with Crippen LogP contribution in [-0.2, 0) is 11.3 Å². The van der Waals surface area contributed by atoms with E-state index in [0.717, 1.165) is 16.6 Å². The second kappa shape index (κ2) is 5.85. The molecule has 0 unspecified atom stereocenters. The molecule has 3 aromatic rings. The zero-order chi connectivity index (χ0) is 15.5. The number of fused-ring (bicyclic) bond motifs is 1. The normalized spacial score (nSPS) is 10.6. The van der Waals surface area contributed by atoms with Crippen LogP contribution in [0, 0.1) is 6.92 Å². The fraction of sp³-hybridized carbons (Fsp3) is 0.111. The number of para-hydroxylation sites is 2. The van der Waals surface area contributed by atoms with Gasteiger partial charge in [-0.1, -0.05) is 36.4 Å². The van der Waals surface area contributed by atoms with E-state index in [4.69, 9.17) is 0 Å². The fourth-order valence-electron chi connectivity index (χ4n) is 2.50. The highest BCUT2D eigenvalue weighted by atomic mass is 16.2. The number of carbonyl (C=O) groups excluding carboxylic acids is 1. The van der Waals surface area contributed by atoms with Crippen LogP contribution in [0.3, 0.4) is 0 Å². The van der Waals surface area contributed by atoms with Crippen LogP contribution in [0.5, 0.6) is 0 Å². The van der Waals surface area contributed by atoms with Crippen LogP contribution in [-0.4, -0.2) is 10.5 Å². The largest absolute Gasteiger partial charge is 0.325 e. The van der Waals surface area contributed by atoms with Gasteiger partial charge in [-0.3, -0.25) is 14.2 Å². The molecule has 1 aromatic heterocycles. The minimum Gasteiger partial charge on any atom is -0.325 e. The highest BCUT2D eigenvalue weighted by Crippen LogP contribution is 2.13. The number of aromatic nitrogens is 1. The maximum absolute atomic E-state index is 12.4. The number of rotatable bonds is 3. The smallest absolute Gasteiger partial charge is 0.254 e. The minimum atomic E-state index is -0.218. The predicted molar refractivity (Wildman–Crippen MR) is 88.0 cm³/mol. The minimum absolute atomic E-state index is 0.00405. The number of nitrogens with zero attached hydrogens (tertiary/aromatic N) is 1. The van der Waals surface area contributed by atoms with Crippen LogP contribution < -0.4 is 10.9 Å². The summed E-state index contributed by atoms with van der Waals surface area (Å²) in [6.45, 7) is 1.76. The van der Waals surface area contributed by atoms with Crippen molar-refractivity contribution in [3.05, 3.63) is 76.6 Å². The van der Waals surface area contributed by atoms with Gasteiger partial charge in [-0.25, -0.2) is 0 Å². The molecule has 0 aliphatic rings. The molecule has 110 valence electrons. The number of pyridine rings is 1. The predicted octanol–water partition coefficient (Wildman–Crippen LogP) is 2.95. The lowest BCUT2D eigenvalue weighted by Gasteiger charge is -2.12. The van der Waals surface area contributed by atoms with Crippen LogP contribution in [0.4, 0.5) is 5.69 Å². The van der Waals surface area contributed by atoms with E-state index in [9.17, 15) is 9.59 Å². The lowest BCUT2D eigenvalue weighted by atomic mass is 10.1. The first-order valence-corrected chi connectivity index (χ1v) is 7.09.